The van der Waals surface area contributed by atoms with Crippen LogP contribution in [0.3, 0.4) is 0 Å². The van der Waals surface area contributed by atoms with Gasteiger partial charge in [0.15, 0.2) is 0 Å². The van der Waals surface area contributed by atoms with Gasteiger partial charge >= 0.3 is 0 Å². The highest BCUT2D eigenvalue weighted by Gasteiger charge is 2.09. The third-order valence-electron chi connectivity index (χ3n) is 2.91. The van der Waals surface area contributed by atoms with Crippen LogP contribution >= 0.6 is 34.5 Å². The second-order valence-electron chi connectivity index (χ2n) is 4.52. The molecule has 22 heavy (non-hydrogen) atoms. The molecule has 0 saturated heterocycles. The van der Waals surface area contributed by atoms with Crippen LogP contribution in [0, 0.1) is 0 Å². The number of carbonyl (C=O) groups excluding carboxylic acids is 1. The number of fused-ring (bicyclic) bond motifs is 1. The first-order chi connectivity index (χ1) is 10.5. The number of anilines is 1. The minimum atomic E-state index is -0.364. The van der Waals surface area contributed by atoms with Crippen LogP contribution in [-0.2, 0) is 11.3 Å². The van der Waals surface area contributed by atoms with Gasteiger partial charge in [0.25, 0.3) is 5.56 Å². The molecule has 2 heterocycles. The van der Waals surface area contributed by atoms with E-state index in [0.29, 0.717) is 25.9 Å². The molecule has 1 N–H and O–H groups in total. The lowest BCUT2D eigenvalue weighted by Gasteiger charge is -2.08. The van der Waals surface area contributed by atoms with Crippen LogP contribution in [0.1, 0.15) is 0 Å². The molecule has 3 rings (SSSR count). The van der Waals surface area contributed by atoms with E-state index < -0.39 is 0 Å². The lowest BCUT2D eigenvalue weighted by Crippen LogP contribution is -2.27. The zero-order valence-electron chi connectivity index (χ0n) is 11.0. The highest BCUT2D eigenvalue weighted by molar-refractivity contribution is 7.16. The Labute approximate surface area is 139 Å². The maximum Gasteiger partial charge on any atom is 0.262 e. The van der Waals surface area contributed by atoms with Gasteiger partial charge in [-0.3, -0.25) is 14.2 Å². The second kappa shape index (κ2) is 6.08. The molecular weight excluding hydrogens is 345 g/mol. The van der Waals surface area contributed by atoms with Gasteiger partial charge in [0.2, 0.25) is 5.91 Å². The molecule has 0 unspecified atom stereocenters. The minimum absolute atomic E-state index is 0.137. The van der Waals surface area contributed by atoms with E-state index in [9.17, 15) is 9.59 Å². The van der Waals surface area contributed by atoms with E-state index in [1.54, 1.807) is 29.6 Å². The summed E-state index contributed by atoms with van der Waals surface area (Å²) >= 11 is 13.1. The van der Waals surface area contributed by atoms with E-state index in [1.807, 2.05) is 0 Å². The fourth-order valence-corrected chi connectivity index (χ4v) is 3.24. The summed E-state index contributed by atoms with van der Waals surface area (Å²) in [6, 6.07) is 6.42. The van der Waals surface area contributed by atoms with Crippen molar-refractivity contribution in [3.8, 4) is 0 Å². The van der Waals surface area contributed by atoms with Crippen molar-refractivity contribution in [1.82, 2.24) is 9.55 Å². The van der Waals surface area contributed by atoms with Gasteiger partial charge in [0.1, 0.15) is 11.4 Å². The smallest absolute Gasteiger partial charge is 0.262 e. The van der Waals surface area contributed by atoms with Crippen molar-refractivity contribution < 1.29 is 4.79 Å². The van der Waals surface area contributed by atoms with Crippen LogP contribution in [0.4, 0.5) is 5.69 Å². The highest BCUT2D eigenvalue weighted by Crippen LogP contribution is 2.22. The summed E-state index contributed by atoms with van der Waals surface area (Å²) in [5.74, 6) is -0.364. The van der Waals surface area contributed by atoms with Crippen LogP contribution in [0.15, 0.2) is 40.8 Å². The lowest BCUT2D eigenvalue weighted by atomic mass is 10.3. The van der Waals surface area contributed by atoms with E-state index >= 15 is 0 Å². The highest BCUT2D eigenvalue weighted by atomic mass is 35.5. The molecule has 5 nitrogen and oxygen atoms in total. The Morgan fingerprint density at radius 2 is 2.00 bits per heavy atom. The fraction of sp³-hybridized carbons (Fsp3) is 0.0714. The molecule has 0 atom stereocenters. The summed E-state index contributed by atoms with van der Waals surface area (Å²) in [6.45, 7) is -0.137. The van der Waals surface area contributed by atoms with Crippen LogP contribution in [-0.4, -0.2) is 15.5 Å². The Morgan fingerprint density at radius 3 is 2.73 bits per heavy atom. The standard InChI is InChI=1S/C14H9Cl2N3O2S/c15-8-3-9(16)5-10(4-8)18-12(20)6-19-7-17-13-11(14(19)21)1-2-22-13/h1-5,7H,6H2,(H,18,20). The Morgan fingerprint density at radius 1 is 1.27 bits per heavy atom. The zero-order valence-corrected chi connectivity index (χ0v) is 13.4. The Balaban J connectivity index is 1.81. The van der Waals surface area contributed by atoms with Gasteiger partial charge in [-0.1, -0.05) is 23.2 Å². The molecule has 2 aromatic heterocycles. The quantitative estimate of drug-likeness (QED) is 0.784. The number of nitrogens with one attached hydrogen (secondary N) is 1. The molecule has 1 amide bonds. The number of thiophene rings is 1. The summed E-state index contributed by atoms with van der Waals surface area (Å²) in [5.41, 5.74) is 0.227. The number of aromatic nitrogens is 2. The van der Waals surface area contributed by atoms with Gasteiger partial charge in [-0.15, -0.1) is 11.3 Å². The number of halogens is 2. The Hall–Kier alpha value is -1.89. The summed E-state index contributed by atoms with van der Waals surface area (Å²) in [7, 11) is 0. The molecule has 112 valence electrons. The SMILES string of the molecule is O=C(Cn1cnc2sccc2c1=O)Nc1cc(Cl)cc(Cl)c1. The van der Waals surface area contributed by atoms with E-state index in [4.69, 9.17) is 23.2 Å². The molecule has 0 spiro atoms. The van der Waals surface area contributed by atoms with Gasteiger partial charge in [-0.25, -0.2) is 4.98 Å². The summed E-state index contributed by atoms with van der Waals surface area (Å²) in [6.07, 6.45) is 1.37. The molecule has 3 aromatic rings. The minimum Gasteiger partial charge on any atom is -0.324 e. The molecule has 0 aliphatic heterocycles. The first-order valence-electron chi connectivity index (χ1n) is 6.21. The van der Waals surface area contributed by atoms with Gasteiger partial charge in [0.05, 0.1) is 11.7 Å². The van der Waals surface area contributed by atoms with Crippen molar-refractivity contribution in [2.24, 2.45) is 0 Å². The average molecular weight is 354 g/mol. The molecule has 0 radical (unpaired) electrons. The van der Waals surface area contributed by atoms with Crippen molar-refractivity contribution in [3.63, 3.8) is 0 Å². The van der Waals surface area contributed by atoms with Crippen molar-refractivity contribution in [3.05, 3.63) is 56.4 Å². The molecule has 0 aliphatic rings. The van der Waals surface area contributed by atoms with Crippen LogP contribution in [0.25, 0.3) is 10.2 Å². The third kappa shape index (κ3) is 3.14. The number of benzene rings is 1. The predicted octanol–water partition coefficient (Wildman–Crippen LogP) is 3.40. The summed E-state index contributed by atoms with van der Waals surface area (Å²) in [5, 5.41) is 5.78. The largest absolute Gasteiger partial charge is 0.324 e. The average Bonchev–Trinajstić information content (AvgIpc) is 2.90. The number of carbonyl (C=O) groups is 1. The molecular formula is C14H9Cl2N3O2S. The van der Waals surface area contributed by atoms with E-state index in [2.05, 4.69) is 10.3 Å². The monoisotopic (exact) mass is 353 g/mol. The summed E-state index contributed by atoms with van der Waals surface area (Å²) < 4.78 is 1.26. The number of hydrogen-bond acceptors (Lipinski definition) is 4. The molecule has 0 saturated carbocycles. The van der Waals surface area contributed by atoms with Crippen molar-refractivity contribution in [2.45, 2.75) is 6.54 Å². The van der Waals surface area contributed by atoms with Crippen molar-refractivity contribution in [1.29, 1.82) is 0 Å². The van der Waals surface area contributed by atoms with E-state index in [0.717, 1.165) is 0 Å². The number of amides is 1. The topological polar surface area (TPSA) is 64.0 Å². The van der Waals surface area contributed by atoms with Gasteiger partial charge in [-0.2, -0.15) is 0 Å². The van der Waals surface area contributed by atoms with Crippen LogP contribution in [0.5, 0.6) is 0 Å². The van der Waals surface area contributed by atoms with Gasteiger partial charge < -0.3 is 5.32 Å². The molecule has 0 aliphatic carbocycles. The van der Waals surface area contributed by atoms with Gasteiger partial charge in [-0.05, 0) is 29.6 Å². The first-order valence-corrected chi connectivity index (χ1v) is 7.85. The van der Waals surface area contributed by atoms with E-state index in [1.165, 1.54) is 22.2 Å². The number of rotatable bonds is 3. The predicted molar refractivity (Wildman–Crippen MR) is 89.0 cm³/mol. The van der Waals surface area contributed by atoms with Crippen LogP contribution in [0.2, 0.25) is 10.0 Å². The van der Waals surface area contributed by atoms with Crippen molar-refractivity contribution >= 4 is 56.3 Å². The molecule has 1 aromatic carbocycles. The first kappa shape index (κ1) is 15.0. The van der Waals surface area contributed by atoms with Gasteiger partial charge in [0, 0.05) is 15.7 Å². The zero-order chi connectivity index (χ0) is 15.7. The van der Waals surface area contributed by atoms with Crippen molar-refractivity contribution in [2.75, 3.05) is 5.32 Å². The molecule has 0 fully saturated rings. The fourth-order valence-electron chi connectivity index (χ4n) is 1.99. The number of nitrogens with zero attached hydrogens (tertiary/aromatic N) is 2. The Kier molecular flexibility index (Phi) is 4.15. The maximum atomic E-state index is 12.2. The maximum absolute atomic E-state index is 12.2. The second-order valence-corrected chi connectivity index (χ2v) is 6.29. The van der Waals surface area contributed by atoms with Crippen LogP contribution < -0.4 is 10.9 Å². The third-order valence-corrected chi connectivity index (χ3v) is 4.17. The molecule has 0 bridgehead atoms. The lowest BCUT2D eigenvalue weighted by molar-refractivity contribution is -0.116. The Bertz CT molecular complexity index is 900. The summed E-state index contributed by atoms with van der Waals surface area (Å²) in [4.78, 5) is 29.0. The normalized spacial score (nSPS) is 10.8. The molecule has 8 heteroatoms. The number of hydrogen-bond donors (Lipinski definition) is 1. The van der Waals surface area contributed by atoms with E-state index in [-0.39, 0.29) is 18.0 Å².